The minimum absolute atomic E-state index is 0.00918. The van der Waals surface area contributed by atoms with Crippen LogP contribution >= 0.6 is 15.9 Å². The number of carboxylic acid groups (broad SMARTS) is 1. The van der Waals surface area contributed by atoms with E-state index in [1.807, 2.05) is 0 Å². The third kappa shape index (κ3) is 3.53. The molecule has 2 N–H and O–H groups in total. The van der Waals surface area contributed by atoms with Crippen LogP contribution < -0.4 is 9.83 Å². The fourth-order valence-corrected chi connectivity index (χ4v) is 2.90. The van der Waals surface area contributed by atoms with Crippen molar-refractivity contribution in [2.24, 2.45) is 0 Å². The highest BCUT2D eigenvalue weighted by atomic mass is 79.9. The van der Waals surface area contributed by atoms with Gasteiger partial charge in [0, 0.05) is 10.2 Å². The molecule has 0 heterocycles. The van der Waals surface area contributed by atoms with Crippen LogP contribution in [0.2, 0.25) is 0 Å². The van der Waals surface area contributed by atoms with E-state index in [0.717, 1.165) is 16.6 Å². The summed E-state index contributed by atoms with van der Waals surface area (Å²) in [5, 5.41) is 20.2. The van der Waals surface area contributed by atoms with E-state index < -0.39 is 27.3 Å². The predicted molar refractivity (Wildman–Crippen MR) is 77.8 cm³/mol. The first kappa shape index (κ1) is 15.3. The van der Waals surface area contributed by atoms with E-state index >= 15 is 0 Å². The number of anilines is 1. The maximum atomic E-state index is 12.1. The Hall–Kier alpha value is -2.06. The zero-order chi connectivity index (χ0) is 15.6. The molecule has 0 atom stereocenters. The fourth-order valence-electron chi connectivity index (χ4n) is 1.59. The number of halogens is 1. The van der Waals surface area contributed by atoms with Crippen LogP contribution in [-0.4, -0.2) is 19.5 Å². The SMILES string of the molecule is O=C(O)c1cc(NS(=O)(=O)c2ccc(Br)cc2)ccc1[O-]. The molecule has 0 aromatic heterocycles. The van der Waals surface area contributed by atoms with Crippen molar-refractivity contribution in [2.45, 2.75) is 4.90 Å². The fraction of sp³-hybridized carbons (Fsp3) is 0. The van der Waals surface area contributed by atoms with Crippen molar-refractivity contribution in [1.29, 1.82) is 0 Å². The Balaban J connectivity index is 2.35. The zero-order valence-electron chi connectivity index (χ0n) is 10.4. The van der Waals surface area contributed by atoms with E-state index in [1.54, 1.807) is 12.1 Å². The van der Waals surface area contributed by atoms with Gasteiger partial charge in [-0.3, -0.25) is 4.72 Å². The van der Waals surface area contributed by atoms with Gasteiger partial charge in [-0.1, -0.05) is 27.7 Å². The van der Waals surface area contributed by atoms with Crippen LogP contribution in [0.15, 0.2) is 51.8 Å². The molecule has 6 nitrogen and oxygen atoms in total. The van der Waals surface area contributed by atoms with Crippen molar-refractivity contribution >= 4 is 37.6 Å². The molecule has 0 bridgehead atoms. The quantitative estimate of drug-likeness (QED) is 0.855. The van der Waals surface area contributed by atoms with Crippen LogP contribution in [0.5, 0.6) is 5.75 Å². The first-order chi connectivity index (χ1) is 9.79. The Morgan fingerprint density at radius 3 is 2.33 bits per heavy atom. The Morgan fingerprint density at radius 2 is 1.76 bits per heavy atom. The van der Waals surface area contributed by atoms with Crippen LogP contribution in [-0.2, 0) is 10.0 Å². The molecule has 2 rings (SSSR count). The average Bonchev–Trinajstić information content (AvgIpc) is 2.41. The summed E-state index contributed by atoms with van der Waals surface area (Å²) < 4.78 is 27.2. The van der Waals surface area contributed by atoms with Crippen LogP contribution in [0.1, 0.15) is 10.4 Å². The number of carbonyl (C=O) groups is 1. The normalized spacial score (nSPS) is 11.1. The van der Waals surface area contributed by atoms with Gasteiger partial charge in [-0.05, 0) is 36.4 Å². The molecule has 0 aliphatic heterocycles. The Bertz CT molecular complexity index is 787. The predicted octanol–water partition coefficient (Wildman–Crippen LogP) is 2.02. The van der Waals surface area contributed by atoms with E-state index in [0.29, 0.717) is 0 Å². The molecular weight excluding hydrogens is 362 g/mol. The maximum Gasteiger partial charge on any atom is 0.335 e. The van der Waals surface area contributed by atoms with Crippen molar-refractivity contribution < 1.29 is 23.4 Å². The van der Waals surface area contributed by atoms with Crippen LogP contribution in [0, 0.1) is 0 Å². The molecule has 21 heavy (non-hydrogen) atoms. The molecule has 0 spiro atoms. The first-order valence-corrected chi connectivity index (χ1v) is 7.90. The second-order valence-corrected chi connectivity index (χ2v) is 6.67. The minimum atomic E-state index is -3.85. The standard InChI is InChI=1S/C13H10BrNO5S/c14-8-1-4-10(5-2-8)21(19,20)15-9-3-6-12(16)11(7-9)13(17)18/h1-7,15-16H,(H,17,18)/p-1. The summed E-state index contributed by atoms with van der Waals surface area (Å²) in [6, 6.07) is 9.13. The van der Waals surface area contributed by atoms with Crippen molar-refractivity contribution in [3.05, 3.63) is 52.5 Å². The molecule has 8 heteroatoms. The lowest BCUT2D eigenvalue weighted by atomic mass is 10.2. The molecule has 0 aliphatic carbocycles. The second kappa shape index (κ2) is 5.74. The molecule has 110 valence electrons. The van der Waals surface area contributed by atoms with E-state index in [-0.39, 0.29) is 10.6 Å². The zero-order valence-corrected chi connectivity index (χ0v) is 12.8. The van der Waals surface area contributed by atoms with Gasteiger partial charge in [0.05, 0.1) is 10.5 Å². The van der Waals surface area contributed by atoms with Gasteiger partial charge >= 0.3 is 5.97 Å². The molecular formula is C13H9BrNO5S-. The van der Waals surface area contributed by atoms with Gasteiger partial charge in [-0.2, -0.15) is 0 Å². The summed E-state index contributed by atoms with van der Waals surface area (Å²) in [5.41, 5.74) is -0.485. The van der Waals surface area contributed by atoms with Crippen molar-refractivity contribution in [3.8, 4) is 5.75 Å². The van der Waals surface area contributed by atoms with Gasteiger partial charge in [0.2, 0.25) is 0 Å². The number of aromatic carboxylic acids is 1. The lowest BCUT2D eigenvalue weighted by Gasteiger charge is -2.13. The molecule has 0 saturated carbocycles. The van der Waals surface area contributed by atoms with Crippen LogP contribution in [0.25, 0.3) is 0 Å². The second-order valence-electron chi connectivity index (χ2n) is 4.08. The van der Waals surface area contributed by atoms with Gasteiger partial charge in [-0.15, -0.1) is 0 Å². The summed E-state index contributed by atoms with van der Waals surface area (Å²) in [7, 11) is -3.85. The summed E-state index contributed by atoms with van der Waals surface area (Å²) >= 11 is 3.20. The number of hydrogen-bond donors (Lipinski definition) is 2. The lowest BCUT2D eigenvalue weighted by molar-refractivity contribution is -0.268. The van der Waals surface area contributed by atoms with Gasteiger partial charge in [0.1, 0.15) is 0 Å². The number of hydrogen-bond acceptors (Lipinski definition) is 4. The van der Waals surface area contributed by atoms with E-state index in [4.69, 9.17) is 5.11 Å². The molecule has 0 unspecified atom stereocenters. The lowest BCUT2D eigenvalue weighted by Crippen LogP contribution is -2.14. The molecule has 2 aromatic rings. The molecule has 0 radical (unpaired) electrons. The topological polar surface area (TPSA) is 107 Å². The third-order valence-corrected chi connectivity index (χ3v) is 4.51. The number of benzene rings is 2. The van der Waals surface area contributed by atoms with E-state index in [2.05, 4.69) is 20.7 Å². The highest BCUT2D eigenvalue weighted by Crippen LogP contribution is 2.22. The average molecular weight is 371 g/mol. The Morgan fingerprint density at radius 1 is 1.14 bits per heavy atom. The third-order valence-electron chi connectivity index (χ3n) is 2.59. The van der Waals surface area contributed by atoms with Crippen LogP contribution in [0.3, 0.4) is 0 Å². The maximum absolute atomic E-state index is 12.1. The van der Waals surface area contributed by atoms with Crippen molar-refractivity contribution in [1.82, 2.24) is 0 Å². The minimum Gasteiger partial charge on any atom is -0.872 e. The smallest absolute Gasteiger partial charge is 0.335 e. The molecule has 2 aromatic carbocycles. The first-order valence-electron chi connectivity index (χ1n) is 5.62. The van der Waals surface area contributed by atoms with Gasteiger partial charge in [0.15, 0.2) is 0 Å². The monoisotopic (exact) mass is 370 g/mol. The number of sulfonamides is 1. The molecule has 0 aliphatic rings. The molecule has 0 fully saturated rings. The van der Waals surface area contributed by atoms with Gasteiger partial charge in [-0.25, -0.2) is 13.2 Å². The number of nitrogens with one attached hydrogen (secondary N) is 1. The molecule has 0 amide bonds. The highest BCUT2D eigenvalue weighted by molar-refractivity contribution is 9.10. The number of rotatable bonds is 4. The van der Waals surface area contributed by atoms with Crippen molar-refractivity contribution in [3.63, 3.8) is 0 Å². The summed E-state index contributed by atoms with van der Waals surface area (Å²) in [5.74, 6) is -2.10. The van der Waals surface area contributed by atoms with Crippen LogP contribution in [0.4, 0.5) is 5.69 Å². The van der Waals surface area contributed by atoms with E-state index in [9.17, 15) is 18.3 Å². The van der Waals surface area contributed by atoms with Gasteiger partial charge in [0.25, 0.3) is 10.0 Å². The van der Waals surface area contributed by atoms with Gasteiger partial charge < -0.3 is 10.2 Å². The summed E-state index contributed by atoms with van der Waals surface area (Å²) in [4.78, 5) is 10.9. The Labute approximate surface area is 129 Å². The highest BCUT2D eigenvalue weighted by Gasteiger charge is 2.15. The summed E-state index contributed by atoms with van der Waals surface area (Å²) in [6.45, 7) is 0. The largest absolute Gasteiger partial charge is 0.872 e. The van der Waals surface area contributed by atoms with Crippen molar-refractivity contribution in [2.75, 3.05) is 4.72 Å². The number of carboxylic acids is 1. The Kier molecular flexibility index (Phi) is 4.19. The molecule has 0 saturated heterocycles. The summed E-state index contributed by atoms with van der Waals surface area (Å²) in [6.07, 6.45) is 0. The van der Waals surface area contributed by atoms with E-state index in [1.165, 1.54) is 18.2 Å².